The van der Waals surface area contributed by atoms with Crippen LogP contribution in [0.15, 0.2) is 64.4 Å². The van der Waals surface area contributed by atoms with Crippen LogP contribution in [0, 0.1) is 0 Å². The van der Waals surface area contributed by atoms with E-state index in [-0.39, 0.29) is 6.61 Å². The monoisotopic (exact) mass is 268 g/mol. The van der Waals surface area contributed by atoms with Crippen molar-refractivity contribution >= 4 is 5.84 Å². The summed E-state index contributed by atoms with van der Waals surface area (Å²) in [5, 5.41) is 22.1. The zero-order valence-corrected chi connectivity index (χ0v) is 10.5. The molecule has 7 nitrogen and oxygen atoms in total. The normalized spacial score (nSPS) is 21.1. The summed E-state index contributed by atoms with van der Waals surface area (Å²) in [5.41, 5.74) is 3.37. The van der Waals surface area contributed by atoms with Crippen LogP contribution in [0.5, 0.6) is 0 Å². The van der Waals surface area contributed by atoms with Gasteiger partial charge in [0, 0.05) is 35.9 Å². The van der Waals surface area contributed by atoms with Crippen LogP contribution < -0.4 is 5.43 Å². The summed E-state index contributed by atoms with van der Waals surface area (Å²) in [6, 6.07) is 7.10. The molecule has 3 rings (SSSR count). The van der Waals surface area contributed by atoms with E-state index >= 15 is 0 Å². The molecule has 2 aromatic heterocycles. The molecule has 1 unspecified atom stereocenters. The van der Waals surface area contributed by atoms with Gasteiger partial charge in [-0.2, -0.15) is 5.10 Å². The Balaban J connectivity index is 1.91. The van der Waals surface area contributed by atoms with E-state index in [1.807, 2.05) is 0 Å². The average molecular weight is 268 g/mol. The number of azo groups is 1. The molecule has 0 fully saturated rings. The number of nitrogens with zero attached hydrogens (tertiary/aromatic N) is 5. The average Bonchev–Trinajstić information content (AvgIpc) is 2.56. The van der Waals surface area contributed by atoms with E-state index in [0.717, 1.165) is 11.1 Å². The number of aromatic nitrogens is 2. The van der Waals surface area contributed by atoms with Crippen molar-refractivity contribution in [2.24, 2.45) is 15.3 Å². The molecule has 0 bridgehead atoms. The molecule has 0 amide bonds. The van der Waals surface area contributed by atoms with Crippen molar-refractivity contribution < 1.29 is 5.11 Å². The number of amidine groups is 1. The Hall–Kier alpha value is -2.67. The first kappa shape index (κ1) is 12.4. The number of pyridine rings is 2. The predicted molar refractivity (Wildman–Crippen MR) is 71.8 cm³/mol. The van der Waals surface area contributed by atoms with Gasteiger partial charge in [0.25, 0.3) is 0 Å². The molecule has 0 aliphatic carbocycles. The van der Waals surface area contributed by atoms with Gasteiger partial charge in [0.1, 0.15) is 0 Å². The fraction of sp³-hybridized carbons (Fsp3) is 0.154. The van der Waals surface area contributed by atoms with Crippen LogP contribution in [0.25, 0.3) is 0 Å². The Morgan fingerprint density at radius 3 is 2.20 bits per heavy atom. The molecule has 2 aromatic rings. The lowest BCUT2D eigenvalue weighted by Gasteiger charge is -2.28. The lowest BCUT2D eigenvalue weighted by molar-refractivity contribution is 0.159. The second kappa shape index (κ2) is 5.14. The third kappa shape index (κ3) is 2.14. The lowest BCUT2D eigenvalue weighted by Crippen LogP contribution is -2.43. The molecule has 3 heterocycles. The number of hydrazone groups is 1. The highest BCUT2D eigenvalue weighted by atomic mass is 16.3. The summed E-state index contributed by atoms with van der Waals surface area (Å²) in [6.07, 6.45) is 6.58. The van der Waals surface area contributed by atoms with Crippen LogP contribution in [0.3, 0.4) is 0 Å². The Morgan fingerprint density at radius 2 is 1.65 bits per heavy atom. The summed E-state index contributed by atoms with van der Waals surface area (Å²) in [4.78, 5) is 7.88. The second-order valence-electron chi connectivity index (χ2n) is 4.24. The SMILES string of the molecule is OCC1(c2ccncc2)N=NC(c2ccncc2)=NN1. The summed E-state index contributed by atoms with van der Waals surface area (Å²) in [7, 11) is 0. The summed E-state index contributed by atoms with van der Waals surface area (Å²) < 4.78 is 0. The minimum atomic E-state index is -1.06. The summed E-state index contributed by atoms with van der Waals surface area (Å²) >= 11 is 0. The van der Waals surface area contributed by atoms with Gasteiger partial charge in [-0.15, -0.1) is 10.2 Å². The largest absolute Gasteiger partial charge is 0.391 e. The van der Waals surface area contributed by atoms with E-state index in [0.29, 0.717) is 5.84 Å². The van der Waals surface area contributed by atoms with E-state index in [2.05, 4.69) is 30.7 Å². The molecule has 100 valence electrons. The van der Waals surface area contributed by atoms with Gasteiger partial charge in [-0.1, -0.05) is 0 Å². The van der Waals surface area contributed by atoms with E-state index in [1.54, 1.807) is 49.1 Å². The summed E-state index contributed by atoms with van der Waals surface area (Å²) in [5.74, 6) is 0.450. The Morgan fingerprint density at radius 1 is 1.00 bits per heavy atom. The molecule has 1 aliphatic rings. The molecular weight excluding hydrogens is 256 g/mol. The number of hydrogen-bond acceptors (Lipinski definition) is 7. The van der Waals surface area contributed by atoms with Crippen molar-refractivity contribution in [2.45, 2.75) is 5.66 Å². The van der Waals surface area contributed by atoms with Gasteiger partial charge in [0.15, 0.2) is 0 Å². The molecule has 0 radical (unpaired) electrons. The fourth-order valence-electron chi connectivity index (χ4n) is 1.85. The number of rotatable bonds is 3. The van der Waals surface area contributed by atoms with Crippen molar-refractivity contribution in [2.75, 3.05) is 6.61 Å². The Kier molecular flexibility index (Phi) is 3.18. The van der Waals surface area contributed by atoms with Crippen molar-refractivity contribution in [1.29, 1.82) is 0 Å². The maximum atomic E-state index is 9.64. The number of nitrogens with one attached hydrogen (secondary N) is 1. The molecular formula is C13H12N6O. The van der Waals surface area contributed by atoms with Crippen LogP contribution in [0.2, 0.25) is 0 Å². The van der Waals surface area contributed by atoms with Crippen molar-refractivity contribution in [3.63, 3.8) is 0 Å². The second-order valence-corrected chi connectivity index (χ2v) is 4.24. The van der Waals surface area contributed by atoms with Crippen LogP contribution in [-0.2, 0) is 5.66 Å². The van der Waals surface area contributed by atoms with E-state index in [9.17, 15) is 5.11 Å². The maximum Gasteiger partial charge on any atom is 0.214 e. The van der Waals surface area contributed by atoms with E-state index < -0.39 is 5.66 Å². The highest BCUT2D eigenvalue weighted by Crippen LogP contribution is 2.25. The molecule has 7 heteroatoms. The molecule has 1 aliphatic heterocycles. The van der Waals surface area contributed by atoms with Crippen molar-refractivity contribution in [1.82, 2.24) is 15.4 Å². The van der Waals surface area contributed by atoms with Crippen LogP contribution in [0.1, 0.15) is 11.1 Å². The first-order valence-corrected chi connectivity index (χ1v) is 6.04. The third-order valence-electron chi connectivity index (χ3n) is 2.99. The number of hydrogen-bond donors (Lipinski definition) is 2. The standard InChI is InChI=1S/C13H12N6O/c20-9-13(11-3-7-15-8-4-11)18-16-12(17-19-13)10-1-5-14-6-2-10/h1-8,18,20H,9H2. The predicted octanol–water partition coefficient (Wildman–Crippen LogP) is 1.04. The zero-order chi connectivity index (χ0) is 13.8. The van der Waals surface area contributed by atoms with E-state index in [1.165, 1.54) is 0 Å². The van der Waals surface area contributed by atoms with Gasteiger partial charge in [-0.3, -0.25) is 15.4 Å². The molecule has 1 atom stereocenters. The molecule has 0 saturated heterocycles. The highest BCUT2D eigenvalue weighted by Gasteiger charge is 2.34. The molecule has 20 heavy (non-hydrogen) atoms. The Bertz CT molecular complexity index is 642. The van der Waals surface area contributed by atoms with Crippen LogP contribution in [-0.4, -0.2) is 27.5 Å². The van der Waals surface area contributed by atoms with Crippen molar-refractivity contribution in [3.8, 4) is 0 Å². The van der Waals surface area contributed by atoms with Gasteiger partial charge >= 0.3 is 0 Å². The first-order valence-electron chi connectivity index (χ1n) is 6.04. The third-order valence-corrected chi connectivity index (χ3v) is 2.99. The van der Waals surface area contributed by atoms with Crippen molar-refractivity contribution in [3.05, 3.63) is 60.2 Å². The zero-order valence-electron chi connectivity index (χ0n) is 10.5. The number of aliphatic hydroxyl groups is 1. The quantitative estimate of drug-likeness (QED) is 0.869. The fourth-order valence-corrected chi connectivity index (χ4v) is 1.85. The lowest BCUT2D eigenvalue weighted by atomic mass is 10.0. The summed E-state index contributed by atoms with van der Waals surface area (Å²) in [6.45, 7) is -0.256. The van der Waals surface area contributed by atoms with Crippen LogP contribution in [0.4, 0.5) is 0 Å². The van der Waals surface area contributed by atoms with Gasteiger partial charge in [0.2, 0.25) is 11.5 Å². The van der Waals surface area contributed by atoms with E-state index in [4.69, 9.17) is 0 Å². The maximum absolute atomic E-state index is 9.64. The molecule has 0 saturated carbocycles. The Labute approximate surface area is 115 Å². The minimum absolute atomic E-state index is 0.256. The van der Waals surface area contributed by atoms with Gasteiger partial charge in [-0.25, -0.2) is 0 Å². The van der Waals surface area contributed by atoms with Gasteiger partial charge in [-0.05, 0) is 24.3 Å². The van der Waals surface area contributed by atoms with Gasteiger partial charge < -0.3 is 5.11 Å². The minimum Gasteiger partial charge on any atom is -0.391 e. The molecule has 0 aromatic carbocycles. The van der Waals surface area contributed by atoms with Gasteiger partial charge in [0.05, 0.1) is 6.61 Å². The highest BCUT2D eigenvalue weighted by molar-refractivity contribution is 5.99. The smallest absolute Gasteiger partial charge is 0.214 e. The number of aliphatic hydroxyl groups excluding tert-OH is 1. The topological polar surface area (TPSA) is 95.1 Å². The van der Waals surface area contributed by atoms with Crippen LogP contribution >= 0.6 is 0 Å². The molecule has 2 N–H and O–H groups in total. The first-order chi connectivity index (χ1) is 9.84. The molecule has 0 spiro atoms.